The van der Waals surface area contributed by atoms with Crippen LogP contribution in [0.2, 0.25) is 0 Å². The molecule has 0 radical (unpaired) electrons. The minimum atomic E-state index is -0.872. The lowest BCUT2D eigenvalue weighted by Crippen LogP contribution is -2.50. The Morgan fingerprint density at radius 3 is 2.35 bits per heavy atom. The van der Waals surface area contributed by atoms with E-state index in [0.29, 0.717) is 5.75 Å². The van der Waals surface area contributed by atoms with Gasteiger partial charge < -0.3 is 10.1 Å². The molecule has 1 amide bonds. The summed E-state index contributed by atoms with van der Waals surface area (Å²) in [5.74, 6) is 0.403. The highest BCUT2D eigenvalue weighted by molar-refractivity contribution is 5.78. The molecule has 108 valence electrons. The standard InChI is InChI=1S/C16H22N2O2/c1-11(2)16(5,10-17)18-15(19)9-20-14-7-12(3)6-13(4)8-14/h6-8,11H,9H2,1-5H3,(H,18,19). The molecule has 0 saturated heterocycles. The van der Waals surface area contributed by atoms with Gasteiger partial charge in [-0.05, 0) is 49.9 Å². The normalized spacial score (nSPS) is 13.4. The highest BCUT2D eigenvalue weighted by Gasteiger charge is 2.29. The molecule has 1 aromatic rings. The van der Waals surface area contributed by atoms with Gasteiger partial charge in [-0.25, -0.2) is 0 Å². The molecule has 1 rings (SSSR count). The first-order valence-electron chi connectivity index (χ1n) is 6.70. The lowest BCUT2D eigenvalue weighted by atomic mass is 9.90. The van der Waals surface area contributed by atoms with E-state index in [1.807, 2.05) is 45.9 Å². The van der Waals surface area contributed by atoms with Crippen molar-refractivity contribution in [2.75, 3.05) is 6.61 Å². The maximum atomic E-state index is 11.9. The third-order valence-corrected chi connectivity index (χ3v) is 3.35. The van der Waals surface area contributed by atoms with E-state index in [2.05, 4.69) is 11.4 Å². The average Bonchev–Trinajstić information content (AvgIpc) is 2.35. The highest BCUT2D eigenvalue weighted by Crippen LogP contribution is 2.17. The molecule has 0 aromatic heterocycles. The number of nitriles is 1. The molecule has 0 saturated carbocycles. The summed E-state index contributed by atoms with van der Waals surface area (Å²) in [5, 5.41) is 11.9. The molecule has 4 nitrogen and oxygen atoms in total. The molecule has 0 heterocycles. The number of aryl methyl sites for hydroxylation is 2. The lowest BCUT2D eigenvalue weighted by Gasteiger charge is -2.27. The van der Waals surface area contributed by atoms with Gasteiger partial charge in [-0.2, -0.15) is 5.26 Å². The van der Waals surface area contributed by atoms with Crippen LogP contribution in [0.25, 0.3) is 0 Å². The van der Waals surface area contributed by atoms with Crippen LogP contribution >= 0.6 is 0 Å². The van der Waals surface area contributed by atoms with Crippen LogP contribution in [-0.4, -0.2) is 18.1 Å². The van der Waals surface area contributed by atoms with Gasteiger partial charge in [0.25, 0.3) is 5.91 Å². The van der Waals surface area contributed by atoms with Crippen LogP contribution in [0.1, 0.15) is 31.9 Å². The maximum absolute atomic E-state index is 11.9. The molecule has 20 heavy (non-hydrogen) atoms. The van der Waals surface area contributed by atoms with Crippen molar-refractivity contribution < 1.29 is 9.53 Å². The van der Waals surface area contributed by atoms with E-state index in [9.17, 15) is 4.79 Å². The Morgan fingerprint density at radius 2 is 1.90 bits per heavy atom. The summed E-state index contributed by atoms with van der Waals surface area (Å²) in [6, 6.07) is 7.94. The van der Waals surface area contributed by atoms with Crippen LogP contribution in [0.3, 0.4) is 0 Å². The third kappa shape index (κ3) is 4.27. The van der Waals surface area contributed by atoms with Crippen molar-refractivity contribution >= 4 is 5.91 Å². The highest BCUT2D eigenvalue weighted by atomic mass is 16.5. The van der Waals surface area contributed by atoms with Crippen molar-refractivity contribution in [2.45, 2.75) is 40.2 Å². The van der Waals surface area contributed by atoms with Gasteiger partial charge in [0.05, 0.1) is 6.07 Å². The molecule has 1 atom stereocenters. The molecule has 0 bridgehead atoms. The van der Waals surface area contributed by atoms with Crippen molar-refractivity contribution in [1.82, 2.24) is 5.32 Å². The molecule has 0 fully saturated rings. The van der Waals surface area contributed by atoms with Crippen LogP contribution < -0.4 is 10.1 Å². The first-order chi connectivity index (χ1) is 9.26. The minimum absolute atomic E-state index is 0.0256. The third-order valence-electron chi connectivity index (χ3n) is 3.35. The molecule has 1 N–H and O–H groups in total. The molecule has 4 heteroatoms. The first-order valence-corrected chi connectivity index (χ1v) is 6.70. The van der Waals surface area contributed by atoms with Gasteiger partial charge in [0, 0.05) is 0 Å². The second kappa shape index (κ2) is 6.42. The van der Waals surface area contributed by atoms with E-state index >= 15 is 0 Å². The second-order valence-corrected chi connectivity index (χ2v) is 5.63. The number of ether oxygens (including phenoxy) is 1. The zero-order valence-electron chi connectivity index (χ0n) is 12.8. The quantitative estimate of drug-likeness (QED) is 0.898. The molecule has 0 spiro atoms. The Morgan fingerprint density at radius 1 is 1.35 bits per heavy atom. The van der Waals surface area contributed by atoms with Crippen molar-refractivity contribution in [3.63, 3.8) is 0 Å². The summed E-state index contributed by atoms with van der Waals surface area (Å²) in [6.07, 6.45) is 0. The van der Waals surface area contributed by atoms with Gasteiger partial charge in [0.15, 0.2) is 6.61 Å². The van der Waals surface area contributed by atoms with E-state index in [4.69, 9.17) is 10.00 Å². The van der Waals surface area contributed by atoms with Crippen LogP contribution in [-0.2, 0) is 4.79 Å². The minimum Gasteiger partial charge on any atom is -0.484 e. The summed E-state index contributed by atoms with van der Waals surface area (Å²) in [5.41, 5.74) is 1.30. The summed E-state index contributed by atoms with van der Waals surface area (Å²) in [6.45, 7) is 9.37. The average molecular weight is 274 g/mol. The number of hydrogen-bond acceptors (Lipinski definition) is 3. The molecule has 1 unspecified atom stereocenters. The SMILES string of the molecule is Cc1cc(C)cc(OCC(=O)NC(C)(C#N)C(C)C)c1. The number of carbonyl (C=O) groups is 1. The van der Waals surface area contributed by atoms with Crippen LogP contribution in [0.4, 0.5) is 0 Å². The topological polar surface area (TPSA) is 62.1 Å². The Labute approximate surface area is 120 Å². The van der Waals surface area contributed by atoms with Gasteiger partial charge in [-0.3, -0.25) is 4.79 Å². The predicted octanol–water partition coefficient (Wildman–Crippen LogP) is 2.74. The summed E-state index contributed by atoms with van der Waals surface area (Å²) < 4.78 is 5.48. The monoisotopic (exact) mass is 274 g/mol. The number of rotatable bonds is 5. The maximum Gasteiger partial charge on any atom is 0.259 e. The molecule has 1 aromatic carbocycles. The van der Waals surface area contributed by atoms with Crippen molar-refractivity contribution in [3.05, 3.63) is 29.3 Å². The van der Waals surface area contributed by atoms with E-state index in [0.717, 1.165) is 11.1 Å². The zero-order chi connectivity index (χ0) is 15.3. The molecular formula is C16H22N2O2. The Kier molecular flexibility index (Phi) is 5.15. The number of carbonyl (C=O) groups excluding carboxylic acids is 1. The van der Waals surface area contributed by atoms with Gasteiger partial charge in [-0.15, -0.1) is 0 Å². The van der Waals surface area contributed by atoms with Crippen molar-refractivity contribution in [3.8, 4) is 11.8 Å². The van der Waals surface area contributed by atoms with E-state index < -0.39 is 5.54 Å². The van der Waals surface area contributed by atoms with Crippen LogP contribution in [0.5, 0.6) is 5.75 Å². The molecule has 0 aliphatic carbocycles. The number of benzene rings is 1. The molecule has 0 aliphatic heterocycles. The van der Waals surface area contributed by atoms with E-state index in [1.165, 1.54) is 0 Å². The number of amides is 1. The fraction of sp³-hybridized carbons (Fsp3) is 0.500. The number of hydrogen-bond donors (Lipinski definition) is 1. The summed E-state index contributed by atoms with van der Waals surface area (Å²) >= 11 is 0. The summed E-state index contributed by atoms with van der Waals surface area (Å²) in [4.78, 5) is 11.9. The smallest absolute Gasteiger partial charge is 0.259 e. The van der Waals surface area contributed by atoms with E-state index in [1.54, 1.807) is 6.92 Å². The van der Waals surface area contributed by atoms with E-state index in [-0.39, 0.29) is 18.4 Å². The van der Waals surface area contributed by atoms with Crippen LogP contribution in [0.15, 0.2) is 18.2 Å². The first kappa shape index (κ1) is 16.0. The largest absolute Gasteiger partial charge is 0.484 e. The fourth-order valence-electron chi connectivity index (χ4n) is 1.79. The molecular weight excluding hydrogens is 252 g/mol. The Balaban J connectivity index is 2.62. The molecule has 0 aliphatic rings. The second-order valence-electron chi connectivity index (χ2n) is 5.63. The van der Waals surface area contributed by atoms with Crippen molar-refractivity contribution in [2.24, 2.45) is 5.92 Å². The summed E-state index contributed by atoms with van der Waals surface area (Å²) in [7, 11) is 0. The zero-order valence-corrected chi connectivity index (χ0v) is 12.8. The van der Waals surface area contributed by atoms with Gasteiger partial charge in [-0.1, -0.05) is 19.9 Å². The van der Waals surface area contributed by atoms with Crippen LogP contribution in [0, 0.1) is 31.1 Å². The van der Waals surface area contributed by atoms with Gasteiger partial charge in [0.1, 0.15) is 11.3 Å². The lowest BCUT2D eigenvalue weighted by molar-refractivity contribution is -0.124. The van der Waals surface area contributed by atoms with Gasteiger partial charge >= 0.3 is 0 Å². The Hall–Kier alpha value is -2.02. The number of nitrogens with one attached hydrogen (secondary N) is 1. The predicted molar refractivity (Wildman–Crippen MR) is 78.4 cm³/mol. The Bertz CT molecular complexity index is 512. The van der Waals surface area contributed by atoms with Crippen molar-refractivity contribution in [1.29, 1.82) is 5.26 Å². The number of nitrogens with zero attached hydrogens (tertiary/aromatic N) is 1. The van der Waals surface area contributed by atoms with Gasteiger partial charge in [0.2, 0.25) is 0 Å². The fourth-order valence-corrected chi connectivity index (χ4v) is 1.79.